The molecule has 5 rings (SSSR count). The Bertz CT molecular complexity index is 1440. The zero-order valence-corrected chi connectivity index (χ0v) is 18.7. The van der Waals surface area contributed by atoms with Gasteiger partial charge in [0.05, 0.1) is 23.5 Å². The van der Waals surface area contributed by atoms with E-state index < -0.39 is 0 Å². The lowest BCUT2D eigenvalue weighted by Crippen LogP contribution is -2.47. The van der Waals surface area contributed by atoms with Crippen LogP contribution in [0.1, 0.15) is 21.7 Å². The molecule has 2 aromatic carbocycles. The molecule has 0 saturated heterocycles. The minimum absolute atomic E-state index is 0.186. The van der Waals surface area contributed by atoms with Gasteiger partial charge in [0.2, 0.25) is 0 Å². The highest BCUT2D eigenvalue weighted by atomic mass is 32.1. The van der Waals surface area contributed by atoms with Crippen molar-refractivity contribution in [3.05, 3.63) is 103 Å². The van der Waals surface area contributed by atoms with Gasteiger partial charge in [-0.25, -0.2) is 4.79 Å². The van der Waals surface area contributed by atoms with Crippen LogP contribution in [0.5, 0.6) is 0 Å². The maximum absolute atomic E-state index is 13.2. The normalized spacial score (nSPS) is 13.5. The lowest BCUT2D eigenvalue weighted by molar-refractivity contribution is 0.275. The Labute approximate surface area is 190 Å². The van der Waals surface area contributed by atoms with Crippen LogP contribution in [0.3, 0.4) is 0 Å². The fourth-order valence-corrected chi connectivity index (χ4v) is 5.18. The zero-order chi connectivity index (χ0) is 22.1. The summed E-state index contributed by atoms with van der Waals surface area (Å²) in [6.45, 7) is 2.17. The van der Waals surface area contributed by atoms with Crippen molar-refractivity contribution in [2.75, 3.05) is 13.1 Å². The van der Waals surface area contributed by atoms with Crippen molar-refractivity contribution in [3.63, 3.8) is 0 Å². The summed E-state index contributed by atoms with van der Waals surface area (Å²) in [6.07, 6.45) is 0.674. The average molecular weight is 442 g/mol. The van der Waals surface area contributed by atoms with E-state index in [4.69, 9.17) is 0 Å². The van der Waals surface area contributed by atoms with Crippen LogP contribution in [-0.4, -0.2) is 27.1 Å². The summed E-state index contributed by atoms with van der Waals surface area (Å²) in [4.78, 5) is 29.3. The van der Waals surface area contributed by atoms with Crippen LogP contribution in [0.15, 0.2) is 70.3 Å². The van der Waals surface area contributed by atoms with E-state index in [0.29, 0.717) is 25.1 Å². The lowest BCUT2D eigenvalue weighted by atomic mass is 10.1. The van der Waals surface area contributed by atoms with E-state index in [1.807, 2.05) is 42.5 Å². The van der Waals surface area contributed by atoms with Gasteiger partial charge in [-0.15, -0.1) is 11.3 Å². The van der Waals surface area contributed by atoms with E-state index in [1.54, 1.807) is 23.0 Å². The zero-order valence-electron chi connectivity index (χ0n) is 17.9. The fraction of sp³-hybridized carbons (Fsp3) is 0.231. The summed E-state index contributed by atoms with van der Waals surface area (Å²) in [6, 6.07) is 20.0. The highest BCUT2D eigenvalue weighted by molar-refractivity contribution is 7.19. The second-order valence-electron chi connectivity index (χ2n) is 8.05. The molecule has 0 radical (unpaired) electrons. The fourth-order valence-electron chi connectivity index (χ4n) is 4.24. The van der Waals surface area contributed by atoms with Gasteiger partial charge in [0.15, 0.2) is 0 Å². The maximum Gasteiger partial charge on any atom is 0.331 e. The summed E-state index contributed by atoms with van der Waals surface area (Å²) in [5.41, 5.74) is 2.05. The number of benzene rings is 2. The third-order valence-electron chi connectivity index (χ3n) is 5.94. The Hall–Kier alpha value is -3.40. The molecule has 0 saturated carbocycles. The van der Waals surface area contributed by atoms with Crippen molar-refractivity contribution in [1.29, 1.82) is 0 Å². The number of fused-ring (bicyclic) bond motifs is 2. The summed E-state index contributed by atoms with van der Waals surface area (Å²) < 4.78 is 4.23. The molecule has 32 heavy (non-hydrogen) atoms. The molecular weight excluding hydrogens is 418 g/mol. The number of rotatable bonds is 3. The largest absolute Gasteiger partial charge is 0.331 e. The maximum atomic E-state index is 13.2. The molecular formula is C26H23N3O2S. The Morgan fingerprint density at radius 3 is 2.62 bits per heavy atom. The molecule has 160 valence electrons. The van der Waals surface area contributed by atoms with E-state index in [1.165, 1.54) is 14.7 Å². The number of hydrogen-bond donors (Lipinski definition) is 0. The van der Waals surface area contributed by atoms with E-state index in [-0.39, 0.29) is 17.8 Å². The van der Waals surface area contributed by atoms with Crippen molar-refractivity contribution in [1.82, 2.24) is 14.0 Å². The third kappa shape index (κ3) is 3.93. The predicted molar refractivity (Wildman–Crippen MR) is 129 cm³/mol. The summed E-state index contributed by atoms with van der Waals surface area (Å²) >= 11 is 1.70. The number of nitrogens with zero attached hydrogens (tertiary/aromatic N) is 3. The summed E-state index contributed by atoms with van der Waals surface area (Å²) in [5.74, 6) is 6.54. The molecule has 1 aliphatic heterocycles. The quantitative estimate of drug-likeness (QED) is 0.459. The van der Waals surface area contributed by atoms with Gasteiger partial charge in [0.25, 0.3) is 5.56 Å². The Morgan fingerprint density at radius 1 is 1.03 bits per heavy atom. The summed E-state index contributed by atoms with van der Waals surface area (Å²) in [7, 11) is 1.76. The first-order valence-corrected chi connectivity index (χ1v) is 11.5. The van der Waals surface area contributed by atoms with Crippen LogP contribution in [0.2, 0.25) is 0 Å². The van der Waals surface area contributed by atoms with Gasteiger partial charge in [-0.3, -0.25) is 14.3 Å². The number of hydrogen-bond acceptors (Lipinski definition) is 4. The first-order chi connectivity index (χ1) is 15.6. The molecule has 0 fully saturated rings. The van der Waals surface area contributed by atoms with Gasteiger partial charge in [-0.1, -0.05) is 60.4 Å². The number of aromatic nitrogens is 2. The highest BCUT2D eigenvalue weighted by Gasteiger charge is 2.23. The molecule has 2 aromatic heterocycles. The van der Waals surface area contributed by atoms with Crippen molar-refractivity contribution in [3.8, 4) is 11.8 Å². The first kappa shape index (κ1) is 20.5. The van der Waals surface area contributed by atoms with Crippen LogP contribution in [0.4, 0.5) is 0 Å². The summed E-state index contributed by atoms with van der Waals surface area (Å²) in [5, 5.41) is 1.22. The Morgan fingerprint density at radius 2 is 1.81 bits per heavy atom. The van der Waals surface area contributed by atoms with Gasteiger partial charge < -0.3 is 4.57 Å². The van der Waals surface area contributed by atoms with Crippen LogP contribution in [-0.2, 0) is 26.6 Å². The van der Waals surface area contributed by atoms with Crippen LogP contribution >= 0.6 is 11.3 Å². The van der Waals surface area contributed by atoms with Crippen molar-refractivity contribution < 1.29 is 0 Å². The monoisotopic (exact) mass is 441 g/mol. The molecule has 1 aliphatic rings. The minimum atomic E-state index is -0.254. The molecule has 3 heterocycles. The van der Waals surface area contributed by atoms with Crippen molar-refractivity contribution in [2.45, 2.75) is 19.5 Å². The van der Waals surface area contributed by atoms with Gasteiger partial charge >= 0.3 is 5.69 Å². The molecule has 6 heteroatoms. The Kier molecular flexibility index (Phi) is 5.52. The SMILES string of the molecule is Cn1c2c(c(=O)n(Cc3ccccc3)c1=O)CN(CC#Cc1cc3ccccc3s1)CC2. The van der Waals surface area contributed by atoms with Crippen LogP contribution in [0.25, 0.3) is 10.1 Å². The third-order valence-corrected chi connectivity index (χ3v) is 6.98. The molecule has 4 aromatic rings. The van der Waals surface area contributed by atoms with Crippen molar-refractivity contribution >= 4 is 21.4 Å². The molecule has 0 aliphatic carbocycles. The van der Waals surface area contributed by atoms with E-state index in [9.17, 15) is 9.59 Å². The molecule has 5 nitrogen and oxygen atoms in total. The molecule has 0 N–H and O–H groups in total. The number of thiophene rings is 1. The molecule has 0 amide bonds. The minimum Gasteiger partial charge on any atom is -0.300 e. The topological polar surface area (TPSA) is 47.2 Å². The smallest absolute Gasteiger partial charge is 0.300 e. The standard InChI is InChI=1S/C26H23N3O2S/c1-27-23-13-15-28(14-7-11-21-16-20-10-5-6-12-24(20)32-21)18-22(23)25(30)29(26(27)31)17-19-8-3-2-4-9-19/h2-6,8-10,12,16H,13-15,17-18H2,1H3. The van der Waals surface area contributed by atoms with Crippen molar-refractivity contribution in [2.24, 2.45) is 7.05 Å². The predicted octanol–water partition coefficient (Wildman–Crippen LogP) is 3.22. The average Bonchev–Trinajstić information content (AvgIpc) is 3.24. The molecule has 0 atom stereocenters. The van der Waals surface area contributed by atoms with E-state index >= 15 is 0 Å². The van der Waals surface area contributed by atoms with Gasteiger partial charge in [-0.05, 0) is 23.1 Å². The van der Waals surface area contributed by atoms with E-state index in [2.05, 4.69) is 34.9 Å². The van der Waals surface area contributed by atoms with Gasteiger partial charge in [0.1, 0.15) is 0 Å². The van der Waals surface area contributed by atoms with E-state index in [0.717, 1.165) is 22.7 Å². The highest BCUT2D eigenvalue weighted by Crippen LogP contribution is 2.24. The van der Waals surface area contributed by atoms with Gasteiger partial charge in [0, 0.05) is 37.0 Å². The van der Waals surface area contributed by atoms with Gasteiger partial charge in [-0.2, -0.15) is 0 Å². The van der Waals surface area contributed by atoms with Crippen LogP contribution < -0.4 is 11.2 Å². The molecule has 0 spiro atoms. The first-order valence-electron chi connectivity index (χ1n) is 10.7. The Balaban J connectivity index is 1.38. The van der Waals surface area contributed by atoms with Crippen LogP contribution in [0, 0.1) is 11.8 Å². The molecule has 0 unspecified atom stereocenters. The lowest BCUT2D eigenvalue weighted by Gasteiger charge is -2.28. The second kappa shape index (κ2) is 8.62. The second-order valence-corrected chi connectivity index (χ2v) is 9.14. The molecule has 0 bridgehead atoms.